The molecule has 4 nitrogen and oxygen atoms in total. The molecule has 1 rings (SSSR count). The fraction of sp³-hybridized carbons (Fsp3) is 0.538. The molecule has 5 heteroatoms. The van der Waals surface area contributed by atoms with Gasteiger partial charge in [0, 0.05) is 24.2 Å². The lowest BCUT2D eigenvalue weighted by Crippen LogP contribution is -2.25. The summed E-state index contributed by atoms with van der Waals surface area (Å²) in [4.78, 5) is 17.2. The summed E-state index contributed by atoms with van der Waals surface area (Å²) in [6.45, 7) is 7.59. The molecule has 0 unspecified atom stereocenters. The number of nitrogens with zero attached hydrogens (tertiary/aromatic N) is 2. The third kappa shape index (κ3) is 5.06. The molecule has 0 saturated carbocycles. The fourth-order valence-electron chi connectivity index (χ4n) is 1.55. The average Bonchev–Trinajstić information content (AvgIpc) is 2.39. The third-order valence-corrected chi connectivity index (χ3v) is 3.74. The Morgan fingerprint density at radius 2 is 2.11 bits per heavy atom. The Balaban J connectivity index is 2.29. The van der Waals surface area contributed by atoms with Crippen molar-refractivity contribution in [1.29, 1.82) is 0 Å². The summed E-state index contributed by atoms with van der Waals surface area (Å²) in [5.41, 5.74) is 1.18. The van der Waals surface area contributed by atoms with Gasteiger partial charge in [-0.05, 0) is 25.2 Å². The van der Waals surface area contributed by atoms with E-state index in [0.29, 0.717) is 0 Å². The minimum atomic E-state index is -0.928. The highest BCUT2D eigenvalue weighted by atomic mass is 32.2. The van der Waals surface area contributed by atoms with Gasteiger partial charge < -0.3 is 10.0 Å². The minimum Gasteiger partial charge on any atom is -0.478 e. The molecule has 0 amide bonds. The Bertz CT molecular complexity index is 364. The molecule has 0 atom stereocenters. The van der Waals surface area contributed by atoms with Crippen molar-refractivity contribution in [2.75, 3.05) is 25.4 Å². The van der Waals surface area contributed by atoms with Crippen LogP contribution >= 0.6 is 11.8 Å². The molecule has 18 heavy (non-hydrogen) atoms. The molecule has 1 aromatic heterocycles. The first-order valence-corrected chi connectivity index (χ1v) is 7.31. The Morgan fingerprint density at radius 1 is 1.39 bits per heavy atom. The van der Waals surface area contributed by atoms with Crippen molar-refractivity contribution in [2.24, 2.45) is 0 Å². The average molecular weight is 268 g/mol. The number of thioether (sulfide) groups is 1. The van der Waals surface area contributed by atoms with E-state index in [1.54, 1.807) is 12.1 Å². The lowest BCUT2D eigenvalue weighted by molar-refractivity contribution is 0.0696. The highest BCUT2D eigenvalue weighted by Gasteiger charge is 2.03. The van der Waals surface area contributed by atoms with Crippen LogP contribution in [0.25, 0.3) is 0 Å². The Labute approximate surface area is 112 Å². The van der Waals surface area contributed by atoms with Gasteiger partial charge in [0.2, 0.25) is 0 Å². The van der Waals surface area contributed by atoms with Gasteiger partial charge in [0.1, 0.15) is 0 Å². The number of aromatic nitrogens is 1. The Hall–Kier alpha value is -1.07. The quantitative estimate of drug-likeness (QED) is 0.733. The maximum absolute atomic E-state index is 10.7. The number of carboxylic acid groups (broad SMARTS) is 1. The van der Waals surface area contributed by atoms with Gasteiger partial charge in [-0.25, -0.2) is 4.79 Å². The molecule has 0 saturated heterocycles. The van der Waals surface area contributed by atoms with Crippen LogP contribution < -0.4 is 0 Å². The molecule has 1 N–H and O–H groups in total. The SMILES string of the molecule is CCN(CC)CCSCc1ccc(C(=O)O)cn1. The highest BCUT2D eigenvalue weighted by Crippen LogP contribution is 2.11. The maximum atomic E-state index is 10.7. The Kier molecular flexibility index (Phi) is 6.75. The molecule has 1 heterocycles. The molecule has 100 valence electrons. The molecule has 0 bridgehead atoms. The van der Waals surface area contributed by atoms with Crippen molar-refractivity contribution in [3.63, 3.8) is 0 Å². The molecule has 0 spiro atoms. The van der Waals surface area contributed by atoms with Crippen LogP contribution in [0.3, 0.4) is 0 Å². The van der Waals surface area contributed by atoms with Crippen LogP contribution in [0, 0.1) is 0 Å². The first-order valence-electron chi connectivity index (χ1n) is 6.15. The lowest BCUT2D eigenvalue weighted by Gasteiger charge is -2.17. The minimum absolute atomic E-state index is 0.242. The van der Waals surface area contributed by atoms with E-state index in [1.807, 2.05) is 11.8 Å². The molecule has 1 aromatic rings. The number of carboxylic acids is 1. The summed E-state index contributed by atoms with van der Waals surface area (Å²) >= 11 is 1.83. The van der Waals surface area contributed by atoms with Crippen molar-refractivity contribution < 1.29 is 9.90 Å². The van der Waals surface area contributed by atoms with Crippen LogP contribution in [-0.2, 0) is 5.75 Å². The molecule has 0 radical (unpaired) electrons. The van der Waals surface area contributed by atoms with Crippen LogP contribution in [0.2, 0.25) is 0 Å². The standard InChI is InChI=1S/C13H20N2O2S/c1-3-15(4-2)7-8-18-10-12-6-5-11(9-14-12)13(16)17/h5-6,9H,3-4,7-8,10H2,1-2H3,(H,16,17). The summed E-state index contributed by atoms with van der Waals surface area (Å²) in [6, 6.07) is 3.39. The molecule has 0 aromatic carbocycles. The number of rotatable bonds is 8. The van der Waals surface area contributed by atoms with Gasteiger partial charge in [-0.15, -0.1) is 0 Å². The maximum Gasteiger partial charge on any atom is 0.337 e. The Morgan fingerprint density at radius 3 is 2.61 bits per heavy atom. The second kappa shape index (κ2) is 8.11. The van der Waals surface area contributed by atoms with Crippen LogP contribution in [0.15, 0.2) is 18.3 Å². The number of aromatic carboxylic acids is 1. The van der Waals surface area contributed by atoms with E-state index in [-0.39, 0.29) is 5.56 Å². The second-order valence-electron chi connectivity index (χ2n) is 3.92. The van der Waals surface area contributed by atoms with Crippen molar-refractivity contribution in [3.05, 3.63) is 29.6 Å². The molecule has 0 fully saturated rings. The molecule has 0 aliphatic heterocycles. The normalized spacial score (nSPS) is 10.8. The summed E-state index contributed by atoms with van der Waals surface area (Å²) in [7, 11) is 0. The topological polar surface area (TPSA) is 53.4 Å². The van der Waals surface area contributed by atoms with Crippen LogP contribution in [0.1, 0.15) is 29.9 Å². The first-order chi connectivity index (χ1) is 8.67. The number of pyridine rings is 1. The van der Waals surface area contributed by atoms with Crippen molar-refractivity contribution in [3.8, 4) is 0 Å². The van der Waals surface area contributed by atoms with E-state index in [1.165, 1.54) is 6.20 Å². The van der Waals surface area contributed by atoms with Gasteiger partial charge in [-0.3, -0.25) is 4.98 Å². The summed E-state index contributed by atoms with van der Waals surface area (Å²) in [5, 5.41) is 8.75. The number of carbonyl (C=O) groups is 1. The zero-order valence-corrected chi connectivity index (χ0v) is 11.7. The van der Waals surface area contributed by atoms with E-state index >= 15 is 0 Å². The summed E-state index contributed by atoms with van der Waals surface area (Å²) < 4.78 is 0. The van der Waals surface area contributed by atoms with Crippen LogP contribution in [-0.4, -0.2) is 46.3 Å². The molecular weight excluding hydrogens is 248 g/mol. The highest BCUT2D eigenvalue weighted by molar-refractivity contribution is 7.98. The molecule has 0 aliphatic carbocycles. The van der Waals surface area contributed by atoms with Crippen LogP contribution in [0.4, 0.5) is 0 Å². The van der Waals surface area contributed by atoms with Crippen LogP contribution in [0.5, 0.6) is 0 Å². The molecule has 0 aliphatic rings. The van der Waals surface area contributed by atoms with E-state index in [2.05, 4.69) is 23.7 Å². The van der Waals surface area contributed by atoms with Gasteiger partial charge in [-0.1, -0.05) is 13.8 Å². The smallest absolute Gasteiger partial charge is 0.337 e. The zero-order chi connectivity index (χ0) is 13.4. The fourth-order valence-corrected chi connectivity index (χ4v) is 2.46. The largest absolute Gasteiger partial charge is 0.478 e. The first kappa shape index (κ1) is 15.0. The van der Waals surface area contributed by atoms with Gasteiger partial charge in [0.05, 0.1) is 11.3 Å². The monoisotopic (exact) mass is 268 g/mol. The van der Waals surface area contributed by atoms with E-state index in [0.717, 1.165) is 36.8 Å². The van der Waals surface area contributed by atoms with E-state index in [4.69, 9.17) is 5.11 Å². The number of hydrogen-bond donors (Lipinski definition) is 1. The molecular formula is C13H20N2O2S. The van der Waals surface area contributed by atoms with Gasteiger partial charge >= 0.3 is 5.97 Å². The van der Waals surface area contributed by atoms with Gasteiger partial charge in [0.15, 0.2) is 0 Å². The predicted molar refractivity (Wildman–Crippen MR) is 75.1 cm³/mol. The predicted octanol–water partition coefficient (Wildman–Crippen LogP) is 2.35. The third-order valence-electron chi connectivity index (χ3n) is 2.77. The summed E-state index contributed by atoms with van der Waals surface area (Å²) in [5.74, 6) is 0.980. The number of hydrogen-bond acceptors (Lipinski definition) is 4. The lowest BCUT2D eigenvalue weighted by atomic mass is 10.2. The van der Waals surface area contributed by atoms with Gasteiger partial charge in [-0.2, -0.15) is 11.8 Å². The van der Waals surface area contributed by atoms with Crippen molar-refractivity contribution in [1.82, 2.24) is 9.88 Å². The van der Waals surface area contributed by atoms with Crippen molar-refractivity contribution >= 4 is 17.7 Å². The van der Waals surface area contributed by atoms with Crippen molar-refractivity contribution in [2.45, 2.75) is 19.6 Å². The van der Waals surface area contributed by atoms with E-state index in [9.17, 15) is 4.79 Å². The zero-order valence-electron chi connectivity index (χ0n) is 10.9. The van der Waals surface area contributed by atoms with E-state index < -0.39 is 5.97 Å². The second-order valence-corrected chi connectivity index (χ2v) is 5.03. The summed E-state index contributed by atoms with van der Waals surface area (Å²) in [6.07, 6.45) is 1.42. The van der Waals surface area contributed by atoms with Gasteiger partial charge in [0.25, 0.3) is 0 Å².